The average Bonchev–Trinajstić information content (AvgIpc) is 2.67. The van der Waals surface area contributed by atoms with E-state index < -0.39 is 24.0 Å². The Hall–Kier alpha value is -2.12. The summed E-state index contributed by atoms with van der Waals surface area (Å²) < 4.78 is 15.6. The number of Topliss-reactive ketones (excluding diaryl/α,β-unsaturated/α-hetero) is 1. The molecule has 0 fully saturated rings. The van der Waals surface area contributed by atoms with Gasteiger partial charge in [0.1, 0.15) is 23.0 Å². The van der Waals surface area contributed by atoms with Gasteiger partial charge in [-0.3, -0.25) is 9.68 Å². The van der Waals surface area contributed by atoms with E-state index >= 15 is 0 Å². The predicted octanol–water partition coefficient (Wildman–Crippen LogP) is 4.43. The third kappa shape index (κ3) is 7.66. The fraction of sp³-hybridized carbons (Fsp3) is 0.636. The molecule has 0 radical (unpaired) electrons. The van der Waals surface area contributed by atoms with E-state index in [0.717, 1.165) is 6.42 Å². The normalized spacial score (nSPS) is 14.6. The first-order chi connectivity index (χ1) is 13.5. The lowest BCUT2D eigenvalue weighted by Crippen LogP contribution is -2.30. The van der Waals surface area contributed by atoms with Gasteiger partial charge in [0.2, 0.25) is 0 Å². The van der Waals surface area contributed by atoms with Gasteiger partial charge in [0, 0.05) is 7.11 Å². The highest BCUT2D eigenvalue weighted by molar-refractivity contribution is 6.11. The quantitative estimate of drug-likeness (QED) is 0.175. The minimum atomic E-state index is -1.07. The number of rotatable bonds is 11. The monoisotopic (exact) mass is 410 g/mol. The largest absolute Gasteiger partial charge is 0.496 e. The van der Waals surface area contributed by atoms with E-state index in [-0.39, 0.29) is 16.9 Å². The Bertz CT molecular complexity index is 656. The van der Waals surface area contributed by atoms with Crippen molar-refractivity contribution < 1.29 is 33.6 Å². The Balaban J connectivity index is 3.22. The number of carbonyl (C=O) groups excluding carboxylic acids is 2. The summed E-state index contributed by atoms with van der Waals surface area (Å²) in [5.74, 6) is -1.51. The van der Waals surface area contributed by atoms with Gasteiger partial charge >= 0.3 is 5.97 Å². The summed E-state index contributed by atoms with van der Waals surface area (Å²) >= 11 is 0. The van der Waals surface area contributed by atoms with Crippen LogP contribution in [0.4, 0.5) is 0 Å². The van der Waals surface area contributed by atoms with Gasteiger partial charge in [-0.05, 0) is 43.2 Å². The second kappa shape index (κ2) is 11.2. The van der Waals surface area contributed by atoms with Gasteiger partial charge in [0.25, 0.3) is 0 Å². The van der Waals surface area contributed by atoms with Crippen LogP contribution in [0.25, 0.3) is 0 Å². The molecular formula is C22H34O7. The summed E-state index contributed by atoms with van der Waals surface area (Å²) in [5.41, 5.74) is 0.266. The maximum atomic E-state index is 13.4. The number of ether oxygens (including phenoxy) is 3. The molecule has 0 saturated heterocycles. The van der Waals surface area contributed by atoms with Crippen LogP contribution in [-0.2, 0) is 19.3 Å². The molecule has 0 N–H and O–H groups in total. The fourth-order valence-corrected chi connectivity index (χ4v) is 3.32. The predicted molar refractivity (Wildman–Crippen MR) is 109 cm³/mol. The Morgan fingerprint density at radius 3 is 2.00 bits per heavy atom. The Morgan fingerprint density at radius 2 is 1.55 bits per heavy atom. The number of carbonyl (C=O) groups is 2. The highest BCUT2D eigenvalue weighted by atomic mass is 17.2. The van der Waals surface area contributed by atoms with Crippen LogP contribution in [0.5, 0.6) is 11.5 Å². The average molecular weight is 411 g/mol. The first-order valence-electron chi connectivity index (χ1n) is 9.69. The minimum absolute atomic E-state index is 0.0557. The van der Waals surface area contributed by atoms with Crippen molar-refractivity contribution in [1.82, 2.24) is 0 Å². The number of ketones is 1. The van der Waals surface area contributed by atoms with Gasteiger partial charge in [0.15, 0.2) is 12.1 Å². The molecule has 1 rings (SSSR count). The van der Waals surface area contributed by atoms with Crippen LogP contribution in [-0.4, -0.2) is 39.4 Å². The van der Waals surface area contributed by atoms with Crippen molar-refractivity contribution in [3.05, 3.63) is 23.8 Å². The molecule has 0 aliphatic heterocycles. The summed E-state index contributed by atoms with van der Waals surface area (Å²) in [5, 5.41) is 0. The van der Waals surface area contributed by atoms with Crippen molar-refractivity contribution in [2.45, 2.75) is 53.8 Å². The van der Waals surface area contributed by atoms with E-state index in [2.05, 4.69) is 20.8 Å². The molecule has 0 spiro atoms. The summed E-state index contributed by atoms with van der Waals surface area (Å²) in [6.45, 7) is 9.94. The third-order valence-corrected chi connectivity index (χ3v) is 4.47. The topological polar surface area (TPSA) is 80.3 Å². The van der Waals surface area contributed by atoms with E-state index in [1.54, 1.807) is 25.1 Å². The van der Waals surface area contributed by atoms with Gasteiger partial charge in [0.05, 0.1) is 14.2 Å². The molecule has 0 aliphatic rings. The number of methoxy groups -OCH3 is 3. The van der Waals surface area contributed by atoms with Crippen LogP contribution >= 0.6 is 0 Å². The number of benzene rings is 1. The molecule has 0 aromatic heterocycles. The van der Waals surface area contributed by atoms with Crippen LogP contribution in [0.2, 0.25) is 0 Å². The molecule has 29 heavy (non-hydrogen) atoms. The number of hydrogen-bond acceptors (Lipinski definition) is 7. The molecule has 0 amide bonds. The summed E-state index contributed by atoms with van der Waals surface area (Å²) in [7, 11) is 4.35. The second-order valence-corrected chi connectivity index (χ2v) is 8.36. The fourth-order valence-electron chi connectivity index (χ4n) is 3.32. The van der Waals surface area contributed by atoms with Crippen molar-refractivity contribution in [2.75, 3.05) is 21.3 Å². The zero-order chi connectivity index (χ0) is 22.2. The first kappa shape index (κ1) is 24.9. The maximum Gasteiger partial charge on any atom is 0.353 e. The van der Waals surface area contributed by atoms with Crippen LogP contribution < -0.4 is 9.47 Å². The lowest BCUT2D eigenvalue weighted by atomic mass is 9.80. The molecule has 1 aromatic carbocycles. The molecular weight excluding hydrogens is 376 g/mol. The Kier molecular flexibility index (Phi) is 9.59. The standard InChI is InChI=1S/C22H34O7/c1-14(13-22(3,4)5)12-16(21(24)29-28-15(2)25-6)20(23)19-17(26-7)10-9-11-18(19)27-8/h9-11,14-16H,12-13H2,1-8H3. The van der Waals surface area contributed by atoms with Crippen LogP contribution in [0, 0.1) is 17.3 Å². The molecule has 0 heterocycles. The van der Waals surface area contributed by atoms with E-state index in [0.29, 0.717) is 17.9 Å². The van der Waals surface area contributed by atoms with E-state index in [1.165, 1.54) is 21.3 Å². The van der Waals surface area contributed by atoms with Crippen molar-refractivity contribution in [3.63, 3.8) is 0 Å². The lowest BCUT2D eigenvalue weighted by Gasteiger charge is -2.26. The molecule has 7 heteroatoms. The zero-order valence-electron chi connectivity index (χ0n) is 18.7. The van der Waals surface area contributed by atoms with Gasteiger partial charge in [-0.25, -0.2) is 4.79 Å². The van der Waals surface area contributed by atoms with Crippen molar-refractivity contribution in [3.8, 4) is 11.5 Å². The van der Waals surface area contributed by atoms with Crippen molar-refractivity contribution in [1.29, 1.82) is 0 Å². The Labute approximate surface area is 173 Å². The second-order valence-electron chi connectivity index (χ2n) is 8.36. The van der Waals surface area contributed by atoms with E-state index in [9.17, 15) is 9.59 Å². The van der Waals surface area contributed by atoms with E-state index in [1.807, 2.05) is 6.92 Å². The van der Waals surface area contributed by atoms with Crippen LogP contribution in [0.1, 0.15) is 57.8 Å². The third-order valence-electron chi connectivity index (χ3n) is 4.47. The summed E-state index contributed by atoms with van der Waals surface area (Å²) in [4.78, 5) is 36.0. The number of hydrogen-bond donors (Lipinski definition) is 0. The van der Waals surface area contributed by atoms with Crippen LogP contribution in [0.15, 0.2) is 18.2 Å². The molecule has 3 unspecified atom stereocenters. The van der Waals surface area contributed by atoms with E-state index in [4.69, 9.17) is 24.0 Å². The molecule has 0 aliphatic carbocycles. The van der Waals surface area contributed by atoms with Crippen molar-refractivity contribution in [2.24, 2.45) is 17.3 Å². The maximum absolute atomic E-state index is 13.4. The SMILES string of the molecule is COc1cccc(OC)c1C(=O)C(CC(C)CC(C)(C)C)C(=O)OOC(C)OC. The minimum Gasteiger partial charge on any atom is -0.496 e. The lowest BCUT2D eigenvalue weighted by molar-refractivity contribution is -0.343. The molecule has 0 bridgehead atoms. The smallest absolute Gasteiger partial charge is 0.353 e. The van der Waals surface area contributed by atoms with Gasteiger partial charge in [-0.2, -0.15) is 4.89 Å². The molecule has 3 atom stereocenters. The molecule has 1 aromatic rings. The van der Waals surface area contributed by atoms with Gasteiger partial charge in [-0.1, -0.05) is 33.8 Å². The summed E-state index contributed by atoms with van der Waals surface area (Å²) in [6.07, 6.45) is 0.394. The molecule has 7 nitrogen and oxygen atoms in total. The molecule has 0 saturated carbocycles. The zero-order valence-corrected chi connectivity index (χ0v) is 18.7. The molecule has 164 valence electrons. The van der Waals surface area contributed by atoms with Crippen molar-refractivity contribution >= 4 is 11.8 Å². The van der Waals surface area contributed by atoms with Crippen LogP contribution in [0.3, 0.4) is 0 Å². The highest BCUT2D eigenvalue weighted by Crippen LogP contribution is 2.34. The highest BCUT2D eigenvalue weighted by Gasteiger charge is 2.36. The Morgan fingerprint density at radius 1 is 1.00 bits per heavy atom. The van der Waals surface area contributed by atoms with Gasteiger partial charge in [-0.15, -0.1) is 0 Å². The first-order valence-corrected chi connectivity index (χ1v) is 9.69. The summed E-state index contributed by atoms with van der Waals surface area (Å²) in [6, 6.07) is 5.02. The van der Waals surface area contributed by atoms with Gasteiger partial charge < -0.3 is 14.2 Å².